The SMILES string of the molecule is CCOC(=O)c1ccc(-n2nc(C)cc2C(F)(F)F)c([N+](=O)[O-])c1.CCOC(=O)c1ccc(-n2nc(C)cc2C)c([N+](=O)[O-])c1.NCc1ccc(C(=O)O)cc1[N+](=O)[O-].O=C(O)c1ccc(F)c([N+](=O)[O-])c1. The predicted molar refractivity (Wildman–Crippen MR) is 240 cm³/mol. The second-order valence-corrected chi connectivity index (χ2v) is 14.1. The van der Waals surface area contributed by atoms with Crippen LogP contribution in [0.1, 0.15) is 83.6 Å². The Kier molecular flexibility index (Phi) is 19.4. The molecule has 0 aliphatic rings. The topological polar surface area (TPSA) is 361 Å². The lowest BCUT2D eigenvalue weighted by molar-refractivity contribution is -0.387. The first kappa shape index (κ1) is 56.8. The first-order valence-electron chi connectivity index (χ1n) is 20.1. The van der Waals surface area contributed by atoms with Gasteiger partial charge in [0.1, 0.15) is 17.1 Å². The van der Waals surface area contributed by atoms with Gasteiger partial charge in [0.15, 0.2) is 0 Å². The fourth-order valence-corrected chi connectivity index (χ4v) is 5.96. The Morgan fingerprint density at radius 1 is 0.597 bits per heavy atom. The summed E-state index contributed by atoms with van der Waals surface area (Å²) in [5.74, 6) is -4.96. The van der Waals surface area contributed by atoms with E-state index in [1.54, 1.807) is 13.8 Å². The summed E-state index contributed by atoms with van der Waals surface area (Å²) < 4.78 is 63.4. The Morgan fingerprint density at radius 3 is 1.38 bits per heavy atom. The van der Waals surface area contributed by atoms with E-state index in [1.165, 1.54) is 41.9 Å². The fourth-order valence-electron chi connectivity index (χ4n) is 5.96. The molecule has 0 spiro atoms. The van der Waals surface area contributed by atoms with Crippen molar-refractivity contribution in [1.82, 2.24) is 19.6 Å². The van der Waals surface area contributed by atoms with Crippen LogP contribution in [-0.2, 0) is 22.2 Å². The molecule has 29 heteroatoms. The number of aromatic carboxylic acids is 2. The molecule has 25 nitrogen and oxygen atoms in total. The molecule has 0 aliphatic heterocycles. The average Bonchev–Trinajstić information content (AvgIpc) is 3.89. The number of carbonyl (C=O) groups is 4. The number of halogens is 4. The normalized spacial score (nSPS) is 10.5. The Hall–Kier alpha value is -9.54. The predicted octanol–water partition coefficient (Wildman–Crippen LogP) is 8.04. The van der Waals surface area contributed by atoms with Crippen LogP contribution in [0.5, 0.6) is 0 Å². The Balaban J connectivity index is 0.000000262. The van der Waals surface area contributed by atoms with Gasteiger partial charge in [0.2, 0.25) is 5.82 Å². The van der Waals surface area contributed by atoms with Crippen LogP contribution in [0.3, 0.4) is 0 Å². The molecular weight excluding hydrogens is 975 g/mol. The van der Waals surface area contributed by atoms with Gasteiger partial charge in [-0.05, 0) is 89.2 Å². The van der Waals surface area contributed by atoms with Gasteiger partial charge in [0.05, 0.1) is 66.5 Å². The van der Waals surface area contributed by atoms with Crippen molar-refractivity contribution >= 4 is 46.6 Å². The van der Waals surface area contributed by atoms with E-state index in [2.05, 4.69) is 10.2 Å². The van der Waals surface area contributed by atoms with E-state index in [-0.39, 0.29) is 59.1 Å². The summed E-state index contributed by atoms with van der Waals surface area (Å²) in [6.45, 7) is 8.47. The van der Waals surface area contributed by atoms with Crippen molar-refractivity contribution in [2.45, 2.75) is 47.3 Å². The molecule has 4 N–H and O–H groups in total. The zero-order valence-corrected chi connectivity index (χ0v) is 38.0. The van der Waals surface area contributed by atoms with Gasteiger partial charge >= 0.3 is 35.7 Å². The van der Waals surface area contributed by atoms with Crippen LogP contribution in [0.4, 0.5) is 40.3 Å². The maximum absolute atomic E-state index is 13.1. The molecule has 6 rings (SSSR count). The summed E-state index contributed by atoms with van der Waals surface area (Å²) in [6.07, 6.45) is -4.74. The molecule has 0 bridgehead atoms. The van der Waals surface area contributed by atoms with Gasteiger partial charge in [0, 0.05) is 42.1 Å². The number of carboxylic acids is 2. The van der Waals surface area contributed by atoms with Crippen LogP contribution >= 0.6 is 0 Å². The summed E-state index contributed by atoms with van der Waals surface area (Å²) in [5, 5.41) is 68.1. The van der Waals surface area contributed by atoms with Crippen LogP contribution < -0.4 is 5.73 Å². The van der Waals surface area contributed by atoms with Crippen molar-refractivity contribution in [3.63, 3.8) is 0 Å². The van der Waals surface area contributed by atoms with Crippen LogP contribution in [0.15, 0.2) is 84.9 Å². The molecule has 0 aliphatic carbocycles. The van der Waals surface area contributed by atoms with Gasteiger partial charge in [-0.3, -0.25) is 40.5 Å². The number of ether oxygens (including phenoxy) is 2. The number of alkyl halides is 3. The minimum atomic E-state index is -4.74. The van der Waals surface area contributed by atoms with Gasteiger partial charge in [-0.15, -0.1) is 0 Å². The third-order valence-corrected chi connectivity index (χ3v) is 9.09. The number of esters is 2. The number of benzene rings is 4. The zero-order valence-electron chi connectivity index (χ0n) is 38.0. The fraction of sp³-hybridized carbons (Fsp3) is 0.209. The lowest BCUT2D eigenvalue weighted by Crippen LogP contribution is -2.15. The van der Waals surface area contributed by atoms with E-state index in [9.17, 15) is 77.2 Å². The van der Waals surface area contributed by atoms with Crippen molar-refractivity contribution in [2.24, 2.45) is 5.73 Å². The molecular formula is C43H39F4N9O16. The van der Waals surface area contributed by atoms with E-state index >= 15 is 0 Å². The monoisotopic (exact) mass is 1010 g/mol. The van der Waals surface area contributed by atoms with E-state index < -0.39 is 78.3 Å². The number of hydrogen-bond donors (Lipinski definition) is 3. The first-order chi connectivity index (χ1) is 33.7. The van der Waals surface area contributed by atoms with Gasteiger partial charge in [-0.2, -0.15) is 27.8 Å². The summed E-state index contributed by atoms with van der Waals surface area (Å²) >= 11 is 0. The second-order valence-electron chi connectivity index (χ2n) is 14.1. The molecule has 0 atom stereocenters. The summed E-state index contributed by atoms with van der Waals surface area (Å²) in [4.78, 5) is 84.3. The first-order valence-corrected chi connectivity index (χ1v) is 20.1. The minimum Gasteiger partial charge on any atom is -0.478 e. The van der Waals surface area contributed by atoms with Crippen molar-refractivity contribution < 1.29 is 76.1 Å². The highest BCUT2D eigenvalue weighted by Gasteiger charge is 2.37. The summed E-state index contributed by atoms with van der Waals surface area (Å²) in [7, 11) is 0. The van der Waals surface area contributed by atoms with E-state index in [0.717, 1.165) is 53.9 Å². The van der Waals surface area contributed by atoms with Gasteiger partial charge in [-0.25, -0.2) is 28.5 Å². The van der Waals surface area contributed by atoms with Crippen LogP contribution in [0.25, 0.3) is 11.4 Å². The number of nitro benzene ring substituents is 4. The largest absolute Gasteiger partial charge is 0.478 e. The Bertz CT molecular complexity index is 3060. The third-order valence-electron chi connectivity index (χ3n) is 9.09. The number of carboxylic acid groups (broad SMARTS) is 2. The molecule has 0 amide bonds. The summed E-state index contributed by atoms with van der Waals surface area (Å²) in [6, 6.07) is 15.9. The van der Waals surface area contributed by atoms with Crippen LogP contribution in [0, 0.1) is 67.0 Å². The number of nitrogens with two attached hydrogens (primary N) is 1. The highest BCUT2D eigenvalue weighted by atomic mass is 19.4. The quantitative estimate of drug-likeness (QED) is 0.0426. The number of nitrogens with zero attached hydrogens (tertiary/aromatic N) is 8. The maximum Gasteiger partial charge on any atom is 0.433 e. The number of rotatable bonds is 13. The maximum atomic E-state index is 13.1. The number of nitro groups is 4. The number of aromatic nitrogens is 4. The van der Waals surface area contributed by atoms with Crippen LogP contribution in [-0.4, -0.2) is 86.6 Å². The smallest absolute Gasteiger partial charge is 0.433 e. The lowest BCUT2D eigenvalue weighted by Gasteiger charge is -2.11. The lowest BCUT2D eigenvalue weighted by atomic mass is 10.1. The molecule has 6 aromatic rings. The standard InChI is InChI=1S/C14H12F3N3O4.C14H15N3O4.C8H8N2O4.C7H4FNO4/c1-3-24-13(21)9-4-5-10(11(7-9)20(22)23)19-12(14(15,16)17)6-8(2)18-19;1-4-21-14(18)11-5-6-12(13(8-11)17(19)20)16-10(3)7-9(2)15-16;9-4-6-2-1-5(8(11)12)3-7(6)10(13)14;8-5-2-1-4(7(10)11)3-6(5)9(12)13/h4-7H,3H2,1-2H3;5-8H,4H2,1-3H3;1-3H,4,9H2,(H,11,12);1-3H,(H,10,11). The Morgan fingerprint density at radius 2 is 0.986 bits per heavy atom. The minimum absolute atomic E-state index is 0.0101. The van der Waals surface area contributed by atoms with Gasteiger partial charge in [-0.1, -0.05) is 6.07 Å². The molecule has 0 radical (unpaired) electrons. The number of carbonyl (C=O) groups excluding carboxylic acids is 2. The Labute approximate surface area is 401 Å². The number of hydrogen-bond acceptors (Lipinski definition) is 17. The zero-order chi connectivity index (χ0) is 54.4. The molecule has 4 aromatic carbocycles. The third kappa shape index (κ3) is 14.7. The highest BCUT2D eigenvalue weighted by Crippen LogP contribution is 2.34. The number of aryl methyl sites for hydroxylation is 3. The molecule has 0 fully saturated rings. The van der Waals surface area contributed by atoms with E-state index in [1.807, 2.05) is 19.9 Å². The molecule has 2 aromatic heterocycles. The molecule has 0 saturated carbocycles. The molecule has 0 unspecified atom stereocenters. The second kappa shape index (κ2) is 24.7. The molecule has 380 valence electrons. The van der Waals surface area contributed by atoms with Crippen molar-refractivity contribution in [2.75, 3.05) is 13.2 Å². The molecule has 72 heavy (non-hydrogen) atoms. The van der Waals surface area contributed by atoms with Crippen molar-refractivity contribution in [1.29, 1.82) is 0 Å². The van der Waals surface area contributed by atoms with Crippen molar-refractivity contribution in [3.8, 4) is 11.4 Å². The van der Waals surface area contributed by atoms with E-state index in [0.29, 0.717) is 22.0 Å². The van der Waals surface area contributed by atoms with E-state index in [4.69, 9.17) is 25.4 Å². The summed E-state index contributed by atoms with van der Waals surface area (Å²) in [5.41, 5.74) is 3.56. The average molecular weight is 1010 g/mol. The highest BCUT2D eigenvalue weighted by molar-refractivity contribution is 5.92. The van der Waals surface area contributed by atoms with Gasteiger partial charge < -0.3 is 25.4 Å². The van der Waals surface area contributed by atoms with Gasteiger partial charge in [0.25, 0.3) is 17.1 Å². The molecule has 2 heterocycles. The van der Waals surface area contributed by atoms with Crippen LogP contribution in [0.2, 0.25) is 0 Å². The van der Waals surface area contributed by atoms with Crippen molar-refractivity contribution in [3.05, 3.63) is 182 Å². The molecule has 0 saturated heterocycles.